The van der Waals surface area contributed by atoms with Crippen LogP contribution in [0.25, 0.3) is 10.9 Å². The zero-order chi connectivity index (χ0) is 14.1. The third-order valence-electron chi connectivity index (χ3n) is 4.63. The molecule has 3 unspecified atom stereocenters. The van der Waals surface area contributed by atoms with Gasteiger partial charge in [0.2, 0.25) is 0 Å². The molecule has 1 N–H and O–H groups in total. The minimum Gasteiger partial charge on any atom is -0.380 e. The first-order valence-electron chi connectivity index (χ1n) is 7.76. The molecule has 1 fully saturated rings. The fraction of sp³-hybridized carbons (Fsp3) is 0.500. The molecule has 1 aliphatic carbocycles. The lowest BCUT2D eigenvalue weighted by Crippen LogP contribution is -2.33. The standard InChI is InChI=1S/C18H24N2/c1-12-7-10-16(13(2)11-12)20-17-6-4-5-15-9-8-14(3)19-18(15)17/h4-6,8-9,12-13,16,20H,7,10-11H2,1-3H3. The molecule has 2 nitrogen and oxygen atoms in total. The number of pyridine rings is 1. The van der Waals surface area contributed by atoms with Crippen molar-refractivity contribution in [2.75, 3.05) is 5.32 Å². The van der Waals surface area contributed by atoms with Crippen molar-refractivity contribution in [1.29, 1.82) is 0 Å². The number of nitrogens with one attached hydrogen (secondary N) is 1. The van der Waals surface area contributed by atoms with Crippen LogP contribution in [-0.4, -0.2) is 11.0 Å². The molecule has 0 radical (unpaired) electrons. The molecule has 0 bridgehead atoms. The van der Waals surface area contributed by atoms with Crippen molar-refractivity contribution in [1.82, 2.24) is 4.98 Å². The van der Waals surface area contributed by atoms with E-state index in [1.54, 1.807) is 0 Å². The van der Waals surface area contributed by atoms with Gasteiger partial charge in [0.15, 0.2) is 0 Å². The van der Waals surface area contributed by atoms with E-state index >= 15 is 0 Å². The number of para-hydroxylation sites is 1. The monoisotopic (exact) mass is 268 g/mol. The highest BCUT2D eigenvalue weighted by Crippen LogP contribution is 2.32. The summed E-state index contributed by atoms with van der Waals surface area (Å²) < 4.78 is 0. The zero-order valence-corrected chi connectivity index (χ0v) is 12.7. The van der Waals surface area contributed by atoms with Crippen molar-refractivity contribution in [2.45, 2.75) is 46.1 Å². The van der Waals surface area contributed by atoms with Gasteiger partial charge in [0.05, 0.1) is 11.2 Å². The molecule has 106 valence electrons. The van der Waals surface area contributed by atoms with E-state index in [2.05, 4.69) is 56.4 Å². The number of aromatic nitrogens is 1. The summed E-state index contributed by atoms with van der Waals surface area (Å²) in [5.74, 6) is 1.61. The van der Waals surface area contributed by atoms with Crippen molar-refractivity contribution in [3.8, 4) is 0 Å². The molecule has 0 saturated heterocycles. The largest absolute Gasteiger partial charge is 0.380 e. The molecule has 2 heteroatoms. The summed E-state index contributed by atoms with van der Waals surface area (Å²) in [7, 11) is 0. The molecule has 1 saturated carbocycles. The van der Waals surface area contributed by atoms with Crippen LogP contribution < -0.4 is 5.32 Å². The number of hydrogen-bond acceptors (Lipinski definition) is 2. The van der Waals surface area contributed by atoms with Gasteiger partial charge in [-0.1, -0.05) is 32.0 Å². The Labute approximate surface area is 121 Å². The Morgan fingerprint density at radius 1 is 1.10 bits per heavy atom. The van der Waals surface area contributed by atoms with E-state index in [9.17, 15) is 0 Å². The molecule has 1 heterocycles. The summed E-state index contributed by atoms with van der Waals surface area (Å²) in [5, 5.41) is 4.98. The summed E-state index contributed by atoms with van der Waals surface area (Å²) >= 11 is 0. The van der Waals surface area contributed by atoms with Crippen LogP contribution in [0.15, 0.2) is 30.3 Å². The minimum atomic E-state index is 0.583. The van der Waals surface area contributed by atoms with E-state index < -0.39 is 0 Å². The maximum atomic E-state index is 4.72. The van der Waals surface area contributed by atoms with E-state index in [0.29, 0.717) is 6.04 Å². The van der Waals surface area contributed by atoms with Crippen molar-refractivity contribution in [2.24, 2.45) is 11.8 Å². The van der Waals surface area contributed by atoms with Crippen LogP contribution in [0.4, 0.5) is 5.69 Å². The number of fused-ring (bicyclic) bond motifs is 1. The maximum absolute atomic E-state index is 4.72. The van der Waals surface area contributed by atoms with Crippen LogP contribution in [0.5, 0.6) is 0 Å². The third kappa shape index (κ3) is 2.65. The summed E-state index contributed by atoms with van der Waals surface area (Å²) in [4.78, 5) is 4.72. The smallest absolute Gasteiger partial charge is 0.0936 e. The zero-order valence-electron chi connectivity index (χ0n) is 12.7. The lowest BCUT2D eigenvalue weighted by molar-refractivity contribution is 0.276. The number of hydrogen-bond donors (Lipinski definition) is 1. The fourth-order valence-corrected chi connectivity index (χ4v) is 3.44. The molecule has 3 atom stereocenters. The van der Waals surface area contributed by atoms with E-state index in [1.165, 1.54) is 30.3 Å². The van der Waals surface area contributed by atoms with Gasteiger partial charge in [-0.25, -0.2) is 0 Å². The highest BCUT2D eigenvalue weighted by molar-refractivity contribution is 5.90. The summed E-state index contributed by atoms with van der Waals surface area (Å²) in [6, 6.07) is 11.3. The van der Waals surface area contributed by atoms with Crippen LogP contribution in [0.3, 0.4) is 0 Å². The molecule has 20 heavy (non-hydrogen) atoms. The van der Waals surface area contributed by atoms with Crippen molar-refractivity contribution < 1.29 is 0 Å². The topological polar surface area (TPSA) is 24.9 Å². The van der Waals surface area contributed by atoms with Crippen molar-refractivity contribution in [3.63, 3.8) is 0 Å². The van der Waals surface area contributed by atoms with Crippen LogP contribution in [-0.2, 0) is 0 Å². The molecule has 0 aliphatic heterocycles. The van der Waals surface area contributed by atoms with Gasteiger partial charge in [-0.2, -0.15) is 0 Å². The van der Waals surface area contributed by atoms with Gasteiger partial charge in [-0.05, 0) is 50.2 Å². The van der Waals surface area contributed by atoms with Crippen LogP contribution in [0.1, 0.15) is 38.8 Å². The predicted molar refractivity (Wildman–Crippen MR) is 86.1 cm³/mol. The van der Waals surface area contributed by atoms with Gasteiger partial charge >= 0.3 is 0 Å². The average Bonchev–Trinajstić information content (AvgIpc) is 2.42. The molecule has 0 amide bonds. The fourth-order valence-electron chi connectivity index (χ4n) is 3.44. The predicted octanol–water partition coefficient (Wildman–Crippen LogP) is 4.78. The molecule has 1 aromatic heterocycles. The number of aryl methyl sites for hydroxylation is 1. The Bertz CT molecular complexity index is 605. The highest BCUT2D eigenvalue weighted by Gasteiger charge is 2.25. The maximum Gasteiger partial charge on any atom is 0.0936 e. The molecular weight excluding hydrogens is 244 g/mol. The summed E-state index contributed by atoms with van der Waals surface area (Å²) in [5.41, 5.74) is 3.38. The molecule has 1 aromatic carbocycles. The first-order chi connectivity index (χ1) is 9.63. The lowest BCUT2D eigenvalue weighted by atomic mass is 9.80. The summed E-state index contributed by atoms with van der Waals surface area (Å²) in [6.45, 7) is 6.80. The van der Waals surface area contributed by atoms with Gasteiger partial charge in [0, 0.05) is 17.1 Å². The SMILES string of the molecule is Cc1ccc2cccc(NC3CCC(C)CC3C)c2n1. The quantitative estimate of drug-likeness (QED) is 0.847. The van der Waals surface area contributed by atoms with Gasteiger partial charge in [0.1, 0.15) is 0 Å². The number of rotatable bonds is 2. The van der Waals surface area contributed by atoms with E-state index in [1.807, 2.05) is 0 Å². The van der Waals surface area contributed by atoms with E-state index in [-0.39, 0.29) is 0 Å². The Morgan fingerprint density at radius 3 is 2.75 bits per heavy atom. The second-order valence-corrected chi connectivity index (χ2v) is 6.48. The molecule has 2 aromatic rings. The Morgan fingerprint density at radius 2 is 1.95 bits per heavy atom. The normalized spacial score (nSPS) is 26.6. The molecule has 3 rings (SSSR count). The van der Waals surface area contributed by atoms with Crippen LogP contribution >= 0.6 is 0 Å². The summed E-state index contributed by atoms with van der Waals surface area (Å²) in [6.07, 6.45) is 3.93. The average molecular weight is 268 g/mol. The first-order valence-corrected chi connectivity index (χ1v) is 7.76. The second-order valence-electron chi connectivity index (χ2n) is 6.48. The molecule has 1 aliphatic rings. The van der Waals surface area contributed by atoms with Crippen molar-refractivity contribution in [3.05, 3.63) is 36.0 Å². The Balaban J connectivity index is 1.89. The minimum absolute atomic E-state index is 0.583. The number of anilines is 1. The molecule has 0 spiro atoms. The van der Waals surface area contributed by atoms with Gasteiger partial charge in [-0.15, -0.1) is 0 Å². The Hall–Kier alpha value is -1.57. The van der Waals surface area contributed by atoms with Gasteiger partial charge in [-0.3, -0.25) is 4.98 Å². The first kappa shape index (κ1) is 13.4. The van der Waals surface area contributed by atoms with E-state index in [4.69, 9.17) is 4.98 Å². The van der Waals surface area contributed by atoms with Crippen LogP contribution in [0.2, 0.25) is 0 Å². The third-order valence-corrected chi connectivity index (χ3v) is 4.63. The van der Waals surface area contributed by atoms with Gasteiger partial charge < -0.3 is 5.32 Å². The Kier molecular flexibility index (Phi) is 3.64. The van der Waals surface area contributed by atoms with E-state index in [0.717, 1.165) is 23.0 Å². The number of benzene rings is 1. The molecular formula is C18H24N2. The number of nitrogens with zero attached hydrogens (tertiary/aromatic N) is 1. The lowest BCUT2D eigenvalue weighted by Gasteiger charge is -2.34. The van der Waals surface area contributed by atoms with Crippen LogP contribution in [0, 0.1) is 18.8 Å². The highest BCUT2D eigenvalue weighted by atomic mass is 14.9. The second kappa shape index (κ2) is 5.43. The van der Waals surface area contributed by atoms with Gasteiger partial charge in [0.25, 0.3) is 0 Å². The van der Waals surface area contributed by atoms with Crippen molar-refractivity contribution >= 4 is 16.6 Å².